The summed E-state index contributed by atoms with van der Waals surface area (Å²) in [4.78, 5) is 25.4. The Morgan fingerprint density at radius 3 is 2.75 bits per heavy atom. The number of halogens is 1. The fourth-order valence-electron chi connectivity index (χ4n) is 2.22. The average molecular weight is 351 g/mol. The molecule has 7 heteroatoms. The highest BCUT2D eigenvalue weighted by Crippen LogP contribution is 2.31. The molecular formula is C17H19ClN2O4. The fraction of sp³-hybridized carbons (Fsp3) is 0.294. The number of anilines is 1. The standard InChI is InChI=1S/C17H19ClN2O4/c1-12(21)20(15-10-13(18)5-6-16(15)23-2)8-7-17(22)19-11-14-4-3-9-24-14/h3-6,9-10H,7-8,11H2,1-2H3,(H,19,22). The quantitative estimate of drug-likeness (QED) is 0.833. The number of methoxy groups -OCH3 is 1. The number of amides is 2. The third kappa shape index (κ3) is 4.76. The van der Waals surface area contributed by atoms with E-state index in [1.165, 1.54) is 18.9 Å². The van der Waals surface area contributed by atoms with Gasteiger partial charge in [0.1, 0.15) is 11.5 Å². The van der Waals surface area contributed by atoms with E-state index in [0.717, 1.165) is 0 Å². The minimum absolute atomic E-state index is 0.149. The molecule has 2 amide bonds. The summed E-state index contributed by atoms with van der Waals surface area (Å²) >= 11 is 6.01. The van der Waals surface area contributed by atoms with Gasteiger partial charge in [0.2, 0.25) is 11.8 Å². The first kappa shape index (κ1) is 17.9. The SMILES string of the molecule is COc1ccc(Cl)cc1N(CCC(=O)NCc1ccco1)C(C)=O. The van der Waals surface area contributed by atoms with Crippen molar-refractivity contribution in [2.75, 3.05) is 18.6 Å². The van der Waals surface area contributed by atoms with Gasteiger partial charge >= 0.3 is 0 Å². The van der Waals surface area contributed by atoms with Crippen LogP contribution in [0.1, 0.15) is 19.1 Å². The van der Waals surface area contributed by atoms with E-state index in [-0.39, 0.29) is 24.8 Å². The highest BCUT2D eigenvalue weighted by Gasteiger charge is 2.18. The molecule has 1 aromatic heterocycles. The van der Waals surface area contributed by atoms with Crippen LogP contribution in [0.2, 0.25) is 5.02 Å². The van der Waals surface area contributed by atoms with Gasteiger partial charge < -0.3 is 19.4 Å². The number of carbonyl (C=O) groups is 2. The maximum Gasteiger partial charge on any atom is 0.223 e. The number of hydrogen-bond donors (Lipinski definition) is 1. The predicted octanol–water partition coefficient (Wildman–Crippen LogP) is 3.00. The number of nitrogens with zero attached hydrogens (tertiary/aromatic N) is 1. The monoisotopic (exact) mass is 350 g/mol. The molecule has 0 saturated carbocycles. The molecule has 1 N–H and O–H groups in total. The second kappa shape index (κ2) is 8.40. The molecule has 2 rings (SSSR count). The summed E-state index contributed by atoms with van der Waals surface area (Å²) in [6, 6.07) is 8.54. The van der Waals surface area contributed by atoms with Crippen LogP contribution >= 0.6 is 11.6 Å². The number of benzene rings is 1. The normalized spacial score (nSPS) is 10.3. The molecule has 128 valence electrons. The van der Waals surface area contributed by atoms with Crippen molar-refractivity contribution in [1.29, 1.82) is 0 Å². The first-order valence-electron chi connectivity index (χ1n) is 7.42. The maximum absolute atomic E-state index is 12.0. The molecule has 0 unspecified atom stereocenters. The molecule has 6 nitrogen and oxygen atoms in total. The molecule has 0 saturated heterocycles. The summed E-state index contributed by atoms with van der Waals surface area (Å²) in [5.41, 5.74) is 0.538. The lowest BCUT2D eigenvalue weighted by Gasteiger charge is -2.23. The highest BCUT2D eigenvalue weighted by molar-refractivity contribution is 6.31. The van der Waals surface area contributed by atoms with Gasteiger partial charge in [0.25, 0.3) is 0 Å². The number of nitrogens with one attached hydrogen (secondary N) is 1. The van der Waals surface area contributed by atoms with Crippen LogP contribution in [0.3, 0.4) is 0 Å². The second-order valence-electron chi connectivity index (χ2n) is 5.09. The smallest absolute Gasteiger partial charge is 0.223 e. The fourth-order valence-corrected chi connectivity index (χ4v) is 2.39. The zero-order valence-electron chi connectivity index (χ0n) is 13.5. The molecule has 0 fully saturated rings. The van der Waals surface area contributed by atoms with Gasteiger partial charge in [-0.15, -0.1) is 0 Å². The minimum Gasteiger partial charge on any atom is -0.495 e. The predicted molar refractivity (Wildman–Crippen MR) is 91.2 cm³/mol. The molecule has 24 heavy (non-hydrogen) atoms. The van der Waals surface area contributed by atoms with Crippen molar-refractivity contribution >= 4 is 29.1 Å². The average Bonchev–Trinajstić information content (AvgIpc) is 3.06. The number of furan rings is 1. The van der Waals surface area contributed by atoms with Gasteiger partial charge in [-0.25, -0.2) is 0 Å². The van der Waals surface area contributed by atoms with Gasteiger partial charge in [0.05, 0.1) is 25.6 Å². The zero-order valence-corrected chi connectivity index (χ0v) is 14.3. The zero-order chi connectivity index (χ0) is 17.5. The van der Waals surface area contributed by atoms with Crippen LogP contribution in [-0.4, -0.2) is 25.5 Å². The maximum atomic E-state index is 12.0. The summed E-state index contributed by atoms with van der Waals surface area (Å²) in [6.45, 7) is 1.96. The Bertz CT molecular complexity index is 701. The van der Waals surface area contributed by atoms with E-state index in [1.54, 1.807) is 36.6 Å². The van der Waals surface area contributed by atoms with Gasteiger partial charge in [-0.2, -0.15) is 0 Å². The van der Waals surface area contributed by atoms with Gasteiger partial charge in [-0.05, 0) is 30.3 Å². The van der Waals surface area contributed by atoms with Crippen LogP contribution in [-0.2, 0) is 16.1 Å². The Kier molecular flexibility index (Phi) is 6.26. The molecule has 0 bridgehead atoms. The lowest BCUT2D eigenvalue weighted by atomic mass is 10.2. The second-order valence-corrected chi connectivity index (χ2v) is 5.53. The molecule has 0 radical (unpaired) electrons. The Labute approximate surface area is 145 Å². The Hall–Kier alpha value is -2.47. The van der Waals surface area contributed by atoms with Gasteiger partial charge in [-0.1, -0.05) is 11.6 Å². The summed E-state index contributed by atoms with van der Waals surface area (Å²) in [5, 5.41) is 3.23. The first-order chi connectivity index (χ1) is 11.5. The van der Waals surface area contributed by atoms with Crippen LogP contribution in [0.5, 0.6) is 5.75 Å². The molecule has 1 heterocycles. The summed E-state index contributed by atoms with van der Waals surface area (Å²) in [7, 11) is 1.52. The summed E-state index contributed by atoms with van der Waals surface area (Å²) in [6.07, 6.45) is 1.69. The Balaban J connectivity index is 2.00. The van der Waals surface area contributed by atoms with Gasteiger partial charge in [-0.3, -0.25) is 9.59 Å². The largest absolute Gasteiger partial charge is 0.495 e. The van der Waals surface area contributed by atoms with Crippen LogP contribution < -0.4 is 15.0 Å². The van der Waals surface area contributed by atoms with Crippen molar-refractivity contribution in [3.63, 3.8) is 0 Å². The van der Waals surface area contributed by atoms with Crippen molar-refractivity contribution in [2.45, 2.75) is 19.9 Å². The van der Waals surface area contributed by atoms with Gasteiger partial charge in [0, 0.05) is 24.9 Å². The van der Waals surface area contributed by atoms with Crippen LogP contribution in [0.25, 0.3) is 0 Å². The topological polar surface area (TPSA) is 71.8 Å². The van der Waals surface area contributed by atoms with E-state index in [4.69, 9.17) is 20.8 Å². The summed E-state index contributed by atoms with van der Waals surface area (Å²) in [5.74, 6) is 0.807. The number of ether oxygens (including phenoxy) is 1. The molecule has 2 aromatic rings. The molecule has 1 aromatic carbocycles. The van der Waals surface area contributed by atoms with E-state index in [2.05, 4.69) is 5.32 Å². The molecule has 0 aliphatic heterocycles. The minimum atomic E-state index is -0.200. The molecular weight excluding hydrogens is 332 g/mol. The molecule has 0 atom stereocenters. The molecule has 0 aliphatic carbocycles. The molecule has 0 aliphatic rings. The van der Waals surface area contributed by atoms with Crippen molar-refractivity contribution < 1.29 is 18.7 Å². The van der Waals surface area contributed by atoms with Crippen LogP contribution in [0.15, 0.2) is 41.0 Å². The molecule has 0 spiro atoms. The lowest BCUT2D eigenvalue weighted by Crippen LogP contribution is -2.34. The van der Waals surface area contributed by atoms with Crippen LogP contribution in [0.4, 0.5) is 5.69 Å². The van der Waals surface area contributed by atoms with Gasteiger partial charge in [0.15, 0.2) is 0 Å². The van der Waals surface area contributed by atoms with E-state index in [1.807, 2.05) is 0 Å². The highest BCUT2D eigenvalue weighted by atomic mass is 35.5. The van der Waals surface area contributed by atoms with Crippen molar-refractivity contribution in [1.82, 2.24) is 5.32 Å². The van der Waals surface area contributed by atoms with Crippen molar-refractivity contribution in [2.24, 2.45) is 0 Å². The van der Waals surface area contributed by atoms with E-state index >= 15 is 0 Å². The third-order valence-corrected chi connectivity index (χ3v) is 3.65. The van der Waals surface area contributed by atoms with Crippen LogP contribution in [0, 0.1) is 0 Å². The number of rotatable bonds is 7. The number of carbonyl (C=O) groups excluding carboxylic acids is 2. The Morgan fingerprint density at radius 1 is 1.33 bits per heavy atom. The van der Waals surface area contributed by atoms with E-state index in [9.17, 15) is 9.59 Å². The number of hydrogen-bond acceptors (Lipinski definition) is 4. The summed E-state index contributed by atoms with van der Waals surface area (Å²) < 4.78 is 10.4. The van der Waals surface area contributed by atoms with E-state index in [0.29, 0.717) is 28.8 Å². The van der Waals surface area contributed by atoms with E-state index < -0.39 is 0 Å². The van der Waals surface area contributed by atoms with Crippen molar-refractivity contribution in [3.05, 3.63) is 47.4 Å². The van der Waals surface area contributed by atoms with Crippen molar-refractivity contribution in [3.8, 4) is 5.75 Å². The third-order valence-electron chi connectivity index (χ3n) is 3.41. The Morgan fingerprint density at radius 2 is 2.12 bits per heavy atom. The lowest BCUT2D eigenvalue weighted by molar-refractivity contribution is -0.121. The first-order valence-corrected chi connectivity index (χ1v) is 7.79.